The molecule has 0 fully saturated rings. The Kier molecular flexibility index (Phi) is 4.50. The predicted octanol–water partition coefficient (Wildman–Crippen LogP) is 3.67. The molecule has 7 heteroatoms. The maximum atomic E-state index is 6.16. The van der Waals surface area contributed by atoms with Gasteiger partial charge in [-0.2, -0.15) is 0 Å². The number of nitrogen functional groups attached to an aromatic ring is 1. The van der Waals surface area contributed by atoms with E-state index in [4.69, 9.17) is 28.9 Å². The second-order valence-corrected chi connectivity index (χ2v) is 5.73. The summed E-state index contributed by atoms with van der Waals surface area (Å²) >= 11 is 13.7. The third-order valence-electron chi connectivity index (χ3n) is 2.35. The lowest BCUT2D eigenvalue weighted by Gasteiger charge is -2.07. The van der Waals surface area contributed by atoms with Crippen molar-refractivity contribution < 1.29 is 0 Å². The van der Waals surface area contributed by atoms with Crippen LogP contribution in [-0.4, -0.2) is 15.0 Å². The van der Waals surface area contributed by atoms with E-state index < -0.39 is 0 Å². The van der Waals surface area contributed by atoms with Crippen molar-refractivity contribution in [3.05, 3.63) is 39.3 Å². The molecule has 2 rings (SSSR count). The fourth-order valence-corrected chi connectivity index (χ4v) is 3.29. The van der Waals surface area contributed by atoms with Crippen LogP contribution in [-0.2, 0) is 5.75 Å². The molecule has 0 aliphatic carbocycles. The van der Waals surface area contributed by atoms with E-state index in [1.807, 2.05) is 13.8 Å². The number of rotatable bonds is 3. The quantitative estimate of drug-likeness (QED) is 0.532. The molecule has 19 heavy (non-hydrogen) atoms. The van der Waals surface area contributed by atoms with Crippen molar-refractivity contribution in [2.24, 2.45) is 0 Å². The average molecular weight is 315 g/mol. The zero-order valence-corrected chi connectivity index (χ0v) is 12.8. The first-order valence-corrected chi connectivity index (χ1v) is 7.25. The molecular weight excluding hydrogens is 303 g/mol. The van der Waals surface area contributed by atoms with Crippen molar-refractivity contribution in [1.29, 1.82) is 0 Å². The first-order valence-electron chi connectivity index (χ1n) is 5.51. The van der Waals surface area contributed by atoms with Crippen LogP contribution in [0.1, 0.15) is 17.0 Å². The number of hydrogen-bond acceptors (Lipinski definition) is 5. The monoisotopic (exact) mass is 314 g/mol. The third-order valence-corrected chi connectivity index (χ3v) is 3.87. The normalized spacial score (nSPS) is 10.7. The van der Waals surface area contributed by atoms with Crippen LogP contribution in [0.25, 0.3) is 0 Å². The van der Waals surface area contributed by atoms with E-state index in [0.29, 0.717) is 26.9 Å². The van der Waals surface area contributed by atoms with Gasteiger partial charge >= 0.3 is 0 Å². The van der Waals surface area contributed by atoms with Crippen LogP contribution in [0.4, 0.5) is 5.82 Å². The zero-order chi connectivity index (χ0) is 14.0. The van der Waals surface area contributed by atoms with E-state index in [9.17, 15) is 0 Å². The second kappa shape index (κ2) is 5.94. The van der Waals surface area contributed by atoms with Gasteiger partial charge < -0.3 is 5.73 Å². The summed E-state index contributed by atoms with van der Waals surface area (Å²) in [7, 11) is 0. The minimum atomic E-state index is 0.415. The lowest BCUT2D eigenvalue weighted by molar-refractivity contribution is 0.940. The molecule has 0 amide bonds. The van der Waals surface area contributed by atoms with Crippen LogP contribution < -0.4 is 5.73 Å². The predicted molar refractivity (Wildman–Crippen MR) is 79.7 cm³/mol. The van der Waals surface area contributed by atoms with Crippen molar-refractivity contribution in [2.75, 3.05) is 5.73 Å². The van der Waals surface area contributed by atoms with Gasteiger partial charge in [-0.1, -0.05) is 35.0 Å². The van der Waals surface area contributed by atoms with E-state index >= 15 is 0 Å². The van der Waals surface area contributed by atoms with Gasteiger partial charge in [-0.05, 0) is 19.9 Å². The lowest BCUT2D eigenvalue weighted by Crippen LogP contribution is -1.97. The fraction of sp³-hybridized carbons (Fsp3) is 0.250. The van der Waals surface area contributed by atoms with Gasteiger partial charge in [0.2, 0.25) is 0 Å². The Hall–Kier alpha value is -1.04. The Morgan fingerprint density at radius 2 is 1.79 bits per heavy atom. The molecule has 2 heterocycles. The highest BCUT2D eigenvalue weighted by Crippen LogP contribution is 2.30. The Balaban J connectivity index is 2.19. The van der Waals surface area contributed by atoms with Crippen LogP contribution in [0.15, 0.2) is 17.3 Å². The number of nitrogens with two attached hydrogens (primary N) is 1. The van der Waals surface area contributed by atoms with Gasteiger partial charge in [0.1, 0.15) is 11.0 Å². The molecule has 0 spiro atoms. The Morgan fingerprint density at radius 1 is 1.11 bits per heavy atom. The lowest BCUT2D eigenvalue weighted by atomic mass is 10.3. The number of aryl methyl sites for hydroxylation is 2. The molecule has 0 atom stereocenters. The number of thioether (sulfide) groups is 1. The number of aromatic nitrogens is 3. The molecule has 0 saturated carbocycles. The van der Waals surface area contributed by atoms with Gasteiger partial charge in [0.05, 0.1) is 0 Å². The molecular formula is C12H12Cl2N4S. The van der Waals surface area contributed by atoms with Crippen molar-refractivity contribution in [1.82, 2.24) is 15.0 Å². The van der Waals surface area contributed by atoms with Crippen LogP contribution in [0.5, 0.6) is 0 Å². The van der Waals surface area contributed by atoms with E-state index in [0.717, 1.165) is 17.0 Å². The molecule has 2 aromatic rings. The van der Waals surface area contributed by atoms with Crippen LogP contribution in [0.2, 0.25) is 10.2 Å². The van der Waals surface area contributed by atoms with Gasteiger partial charge in [-0.15, -0.1) is 0 Å². The molecule has 0 unspecified atom stereocenters. The maximum Gasteiger partial charge on any atom is 0.190 e. The highest BCUT2D eigenvalue weighted by Gasteiger charge is 2.10. The van der Waals surface area contributed by atoms with Gasteiger partial charge in [0.25, 0.3) is 0 Å². The molecule has 0 aromatic carbocycles. The highest BCUT2D eigenvalue weighted by molar-refractivity contribution is 7.98. The van der Waals surface area contributed by atoms with E-state index in [2.05, 4.69) is 15.0 Å². The Morgan fingerprint density at radius 3 is 2.42 bits per heavy atom. The van der Waals surface area contributed by atoms with Gasteiger partial charge in [0.15, 0.2) is 5.16 Å². The zero-order valence-electron chi connectivity index (χ0n) is 10.4. The number of halogens is 2. The highest BCUT2D eigenvalue weighted by atomic mass is 35.5. The van der Waals surface area contributed by atoms with E-state index in [1.54, 1.807) is 12.1 Å². The molecule has 0 radical (unpaired) electrons. The largest absolute Gasteiger partial charge is 0.384 e. The molecule has 0 bridgehead atoms. The standard InChI is InChI=1S/C12H12Cl2N4S/c1-6-3-9(13)8(11(14)16-6)5-19-12-17-7(2)4-10(15)18-12/h3-4H,5H2,1-2H3,(H2,15,17,18). The van der Waals surface area contributed by atoms with E-state index in [1.165, 1.54) is 11.8 Å². The molecule has 100 valence electrons. The molecule has 2 aromatic heterocycles. The van der Waals surface area contributed by atoms with Crippen LogP contribution in [0.3, 0.4) is 0 Å². The van der Waals surface area contributed by atoms with Crippen molar-refractivity contribution in [3.63, 3.8) is 0 Å². The first-order chi connectivity index (χ1) is 8.95. The molecule has 2 N–H and O–H groups in total. The number of nitrogens with zero attached hydrogens (tertiary/aromatic N) is 3. The number of pyridine rings is 1. The second-order valence-electron chi connectivity index (χ2n) is 4.02. The topological polar surface area (TPSA) is 64.7 Å². The van der Waals surface area contributed by atoms with Crippen molar-refractivity contribution in [2.45, 2.75) is 24.8 Å². The minimum Gasteiger partial charge on any atom is -0.384 e. The average Bonchev–Trinajstić information content (AvgIpc) is 2.25. The summed E-state index contributed by atoms with van der Waals surface area (Å²) in [5.41, 5.74) is 8.08. The molecule has 0 aliphatic rings. The maximum absolute atomic E-state index is 6.16. The summed E-state index contributed by atoms with van der Waals surface area (Å²) in [6, 6.07) is 3.51. The summed E-state index contributed by atoms with van der Waals surface area (Å²) in [6.07, 6.45) is 0. The van der Waals surface area contributed by atoms with Crippen molar-refractivity contribution in [3.8, 4) is 0 Å². The summed E-state index contributed by atoms with van der Waals surface area (Å²) in [4.78, 5) is 12.6. The number of hydrogen-bond donors (Lipinski definition) is 1. The van der Waals surface area contributed by atoms with Crippen LogP contribution in [0, 0.1) is 13.8 Å². The number of anilines is 1. The van der Waals surface area contributed by atoms with Crippen molar-refractivity contribution >= 4 is 40.8 Å². The summed E-state index contributed by atoms with van der Waals surface area (Å²) in [6.45, 7) is 3.72. The molecule has 0 saturated heterocycles. The first kappa shape index (κ1) is 14.4. The fourth-order valence-electron chi connectivity index (χ4n) is 1.52. The SMILES string of the molecule is Cc1cc(N)nc(SCc2c(Cl)cc(C)nc2Cl)n1. The Bertz CT molecular complexity index is 575. The van der Waals surface area contributed by atoms with Gasteiger partial charge in [-0.25, -0.2) is 15.0 Å². The Labute approximate surface area is 125 Å². The third kappa shape index (κ3) is 3.72. The minimum absolute atomic E-state index is 0.415. The summed E-state index contributed by atoms with van der Waals surface area (Å²) in [5.74, 6) is 1.00. The summed E-state index contributed by atoms with van der Waals surface area (Å²) in [5, 5.41) is 1.62. The van der Waals surface area contributed by atoms with Crippen LogP contribution >= 0.6 is 35.0 Å². The van der Waals surface area contributed by atoms with Gasteiger partial charge in [0, 0.05) is 33.8 Å². The molecule has 0 aliphatic heterocycles. The molecule has 4 nitrogen and oxygen atoms in total. The smallest absolute Gasteiger partial charge is 0.190 e. The van der Waals surface area contributed by atoms with E-state index in [-0.39, 0.29) is 0 Å². The summed E-state index contributed by atoms with van der Waals surface area (Å²) < 4.78 is 0. The van der Waals surface area contributed by atoms with Gasteiger partial charge in [-0.3, -0.25) is 0 Å².